The topological polar surface area (TPSA) is 58.6 Å². The number of carbonyl (C=O) groups is 1. The molecule has 0 aliphatic heterocycles. The van der Waals surface area contributed by atoms with Crippen LogP contribution in [-0.2, 0) is 4.79 Å². The minimum atomic E-state index is -0.903. The summed E-state index contributed by atoms with van der Waals surface area (Å²) in [6.07, 6.45) is 1.22. The molecule has 0 bridgehead atoms. The zero-order valence-electron chi connectivity index (χ0n) is 13.7. The van der Waals surface area contributed by atoms with E-state index in [0.29, 0.717) is 19.4 Å². The third-order valence-corrected chi connectivity index (χ3v) is 3.49. The minimum absolute atomic E-state index is 0.131. The summed E-state index contributed by atoms with van der Waals surface area (Å²) >= 11 is 0. The summed E-state index contributed by atoms with van der Waals surface area (Å²) in [6, 6.07) is 6.19. The lowest BCUT2D eigenvalue weighted by atomic mass is 9.95. The van der Waals surface area contributed by atoms with Gasteiger partial charge in [0.1, 0.15) is 11.3 Å². The Labute approximate surface area is 127 Å². The maximum absolute atomic E-state index is 11.4. The average Bonchev–Trinajstić information content (AvgIpc) is 2.35. The Morgan fingerprint density at radius 3 is 2.57 bits per heavy atom. The highest BCUT2D eigenvalue weighted by atomic mass is 16.5. The van der Waals surface area contributed by atoms with Gasteiger partial charge in [0, 0.05) is 6.04 Å². The van der Waals surface area contributed by atoms with E-state index in [1.54, 1.807) is 6.92 Å². The molecule has 21 heavy (non-hydrogen) atoms. The van der Waals surface area contributed by atoms with Crippen molar-refractivity contribution in [2.75, 3.05) is 6.61 Å². The van der Waals surface area contributed by atoms with Crippen molar-refractivity contribution < 1.29 is 14.6 Å². The smallest absolute Gasteiger partial charge is 0.323 e. The Hall–Kier alpha value is -1.55. The number of nitrogens with one attached hydrogen (secondary N) is 1. The quantitative estimate of drug-likeness (QED) is 0.722. The van der Waals surface area contributed by atoms with Crippen LogP contribution in [0.5, 0.6) is 5.75 Å². The highest BCUT2D eigenvalue weighted by molar-refractivity contribution is 5.78. The van der Waals surface area contributed by atoms with E-state index in [4.69, 9.17) is 4.74 Å². The Balaban J connectivity index is 2.49. The molecule has 1 unspecified atom stereocenters. The van der Waals surface area contributed by atoms with Crippen molar-refractivity contribution in [3.63, 3.8) is 0 Å². The van der Waals surface area contributed by atoms with Crippen LogP contribution in [0.1, 0.15) is 44.7 Å². The number of ether oxygens (including phenoxy) is 1. The van der Waals surface area contributed by atoms with Crippen LogP contribution in [-0.4, -0.2) is 29.3 Å². The van der Waals surface area contributed by atoms with Crippen molar-refractivity contribution in [3.8, 4) is 5.75 Å². The molecule has 1 aromatic carbocycles. The van der Waals surface area contributed by atoms with Crippen molar-refractivity contribution in [1.82, 2.24) is 5.32 Å². The molecule has 118 valence electrons. The molecule has 0 saturated carbocycles. The number of aryl methyl sites for hydroxylation is 2. The highest BCUT2D eigenvalue weighted by Gasteiger charge is 2.32. The maximum Gasteiger partial charge on any atom is 0.323 e. The minimum Gasteiger partial charge on any atom is -0.493 e. The molecule has 1 aromatic rings. The molecule has 0 saturated heterocycles. The summed E-state index contributed by atoms with van der Waals surface area (Å²) in [7, 11) is 0. The summed E-state index contributed by atoms with van der Waals surface area (Å²) in [6.45, 7) is 10.2. The van der Waals surface area contributed by atoms with Gasteiger partial charge in [0.25, 0.3) is 0 Å². The molecular weight excluding hydrogens is 266 g/mol. The average molecular weight is 293 g/mol. The number of rotatable bonds is 8. The molecule has 4 heteroatoms. The fourth-order valence-corrected chi connectivity index (χ4v) is 2.45. The Bertz CT molecular complexity index is 485. The van der Waals surface area contributed by atoms with E-state index in [0.717, 1.165) is 11.3 Å². The normalized spacial score (nSPS) is 14.0. The number of aliphatic carboxylic acids is 1. The van der Waals surface area contributed by atoms with E-state index in [9.17, 15) is 9.90 Å². The summed E-state index contributed by atoms with van der Waals surface area (Å²) in [4.78, 5) is 11.4. The van der Waals surface area contributed by atoms with Gasteiger partial charge >= 0.3 is 5.97 Å². The summed E-state index contributed by atoms with van der Waals surface area (Å²) < 4.78 is 5.75. The third-order valence-electron chi connectivity index (χ3n) is 3.49. The molecule has 1 atom stereocenters. The number of carboxylic acids is 1. The van der Waals surface area contributed by atoms with Crippen LogP contribution >= 0.6 is 0 Å². The van der Waals surface area contributed by atoms with E-state index < -0.39 is 11.5 Å². The largest absolute Gasteiger partial charge is 0.493 e. The highest BCUT2D eigenvalue weighted by Crippen LogP contribution is 2.20. The monoisotopic (exact) mass is 293 g/mol. The van der Waals surface area contributed by atoms with Gasteiger partial charge < -0.3 is 9.84 Å². The SMILES string of the molecule is Cc1ccc(OCCCC(C)(NC(C)C)C(=O)O)c(C)c1. The van der Waals surface area contributed by atoms with Crippen molar-refractivity contribution in [1.29, 1.82) is 0 Å². The number of hydrogen-bond donors (Lipinski definition) is 2. The van der Waals surface area contributed by atoms with Crippen molar-refractivity contribution in [3.05, 3.63) is 29.3 Å². The third kappa shape index (κ3) is 5.38. The molecule has 0 aliphatic carbocycles. The van der Waals surface area contributed by atoms with Crippen LogP contribution in [0, 0.1) is 13.8 Å². The molecule has 0 spiro atoms. The van der Waals surface area contributed by atoms with Gasteiger partial charge in [-0.25, -0.2) is 0 Å². The molecule has 1 rings (SSSR count). The fourth-order valence-electron chi connectivity index (χ4n) is 2.45. The van der Waals surface area contributed by atoms with Crippen LogP contribution in [0.3, 0.4) is 0 Å². The van der Waals surface area contributed by atoms with Gasteiger partial charge in [-0.15, -0.1) is 0 Å². The van der Waals surface area contributed by atoms with E-state index in [1.807, 2.05) is 39.8 Å². The molecule has 0 heterocycles. The zero-order chi connectivity index (χ0) is 16.0. The first-order valence-electron chi connectivity index (χ1n) is 7.46. The second-order valence-electron chi connectivity index (χ2n) is 6.16. The van der Waals surface area contributed by atoms with Crippen LogP contribution in [0.15, 0.2) is 18.2 Å². The summed E-state index contributed by atoms with van der Waals surface area (Å²) in [5, 5.41) is 12.5. The van der Waals surface area contributed by atoms with Crippen LogP contribution in [0.25, 0.3) is 0 Å². The summed E-state index contributed by atoms with van der Waals surface area (Å²) in [5.41, 5.74) is 1.41. The van der Waals surface area contributed by atoms with E-state index >= 15 is 0 Å². The second kappa shape index (κ2) is 7.46. The Morgan fingerprint density at radius 2 is 2.05 bits per heavy atom. The molecule has 0 fully saturated rings. The van der Waals surface area contributed by atoms with Gasteiger partial charge in [0.2, 0.25) is 0 Å². The van der Waals surface area contributed by atoms with Gasteiger partial charge in [0.15, 0.2) is 0 Å². The van der Waals surface area contributed by atoms with Crippen LogP contribution in [0.4, 0.5) is 0 Å². The maximum atomic E-state index is 11.4. The molecule has 0 aromatic heterocycles. The predicted octanol–water partition coefficient (Wildman–Crippen LogP) is 3.30. The van der Waals surface area contributed by atoms with Crippen molar-refractivity contribution in [2.45, 2.75) is 59.0 Å². The Morgan fingerprint density at radius 1 is 1.38 bits per heavy atom. The molecule has 0 aliphatic rings. The number of benzene rings is 1. The lowest BCUT2D eigenvalue weighted by Crippen LogP contribution is -2.52. The fraction of sp³-hybridized carbons (Fsp3) is 0.588. The molecule has 0 radical (unpaired) electrons. The van der Waals surface area contributed by atoms with E-state index in [1.165, 1.54) is 5.56 Å². The lowest BCUT2D eigenvalue weighted by Gasteiger charge is -2.28. The van der Waals surface area contributed by atoms with Crippen LogP contribution in [0.2, 0.25) is 0 Å². The predicted molar refractivity (Wildman–Crippen MR) is 85.0 cm³/mol. The zero-order valence-corrected chi connectivity index (χ0v) is 13.7. The number of carboxylic acid groups (broad SMARTS) is 1. The van der Waals surface area contributed by atoms with Crippen molar-refractivity contribution in [2.24, 2.45) is 0 Å². The van der Waals surface area contributed by atoms with Gasteiger partial charge in [-0.1, -0.05) is 17.7 Å². The van der Waals surface area contributed by atoms with E-state index in [2.05, 4.69) is 11.4 Å². The summed E-state index contributed by atoms with van der Waals surface area (Å²) in [5.74, 6) is 0.0529. The van der Waals surface area contributed by atoms with Gasteiger partial charge in [-0.3, -0.25) is 10.1 Å². The van der Waals surface area contributed by atoms with Crippen molar-refractivity contribution >= 4 is 5.97 Å². The Kier molecular flexibility index (Phi) is 6.21. The molecule has 4 nitrogen and oxygen atoms in total. The first-order chi connectivity index (χ1) is 9.74. The first kappa shape index (κ1) is 17.5. The van der Waals surface area contributed by atoms with Gasteiger partial charge in [-0.2, -0.15) is 0 Å². The molecule has 2 N–H and O–H groups in total. The van der Waals surface area contributed by atoms with Gasteiger partial charge in [-0.05, 0) is 59.1 Å². The lowest BCUT2D eigenvalue weighted by molar-refractivity contribution is -0.144. The number of hydrogen-bond acceptors (Lipinski definition) is 3. The van der Waals surface area contributed by atoms with Crippen LogP contribution < -0.4 is 10.1 Å². The first-order valence-corrected chi connectivity index (χ1v) is 7.46. The standard InChI is InChI=1S/C17H27NO3/c1-12(2)18-17(5,16(19)20)9-6-10-21-15-8-7-13(3)11-14(15)4/h7-8,11-12,18H,6,9-10H2,1-5H3,(H,19,20). The van der Waals surface area contributed by atoms with E-state index in [-0.39, 0.29) is 6.04 Å². The molecular formula is C17H27NO3. The van der Waals surface area contributed by atoms with Gasteiger partial charge in [0.05, 0.1) is 6.61 Å². The molecule has 0 amide bonds. The second-order valence-corrected chi connectivity index (χ2v) is 6.16.